The van der Waals surface area contributed by atoms with Crippen LogP contribution in [-0.4, -0.2) is 14.5 Å². The van der Waals surface area contributed by atoms with Gasteiger partial charge in [0.15, 0.2) is 5.82 Å². The van der Waals surface area contributed by atoms with E-state index in [0.717, 1.165) is 38.2 Å². The van der Waals surface area contributed by atoms with Crippen molar-refractivity contribution in [2.45, 2.75) is 43.0 Å². The van der Waals surface area contributed by atoms with Gasteiger partial charge in [-0.25, -0.2) is 17.5 Å². The first-order valence-corrected chi connectivity index (χ1v) is 8.03. The molecular formula is C12H16ClFN2O2S. The lowest BCUT2D eigenvalue weighted by atomic mass is 9.96. The molecule has 7 heteroatoms. The highest BCUT2D eigenvalue weighted by Crippen LogP contribution is 2.27. The number of halogens is 2. The van der Waals surface area contributed by atoms with E-state index in [0.29, 0.717) is 0 Å². The van der Waals surface area contributed by atoms with Gasteiger partial charge in [-0.1, -0.05) is 30.9 Å². The number of benzene rings is 1. The Hall–Kier alpha value is -0.850. The fourth-order valence-corrected chi connectivity index (χ4v) is 4.01. The molecular weight excluding hydrogens is 291 g/mol. The predicted octanol–water partition coefficient (Wildman–Crippen LogP) is 2.67. The third-order valence-corrected chi connectivity index (χ3v) is 5.03. The number of anilines is 1. The number of rotatable bonds is 3. The second-order valence-electron chi connectivity index (χ2n) is 4.77. The summed E-state index contributed by atoms with van der Waals surface area (Å²) in [6, 6.07) is 2.14. The van der Waals surface area contributed by atoms with Gasteiger partial charge in [0.2, 0.25) is 10.0 Å². The molecule has 1 aromatic carbocycles. The van der Waals surface area contributed by atoms with Crippen LogP contribution < -0.4 is 10.5 Å². The molecule has 1 aliphatic rings. The molecule has 1 aromatic rings. The third-order valence-electron chi connectivity index (χ3n) is 3.23. The highest BCUT2D eigenvalue weighted by atomic mass is 35.5. The summed E-state index contributed by atoms with van der Waals surface area (Å²) in [6.07, 6.45) is 4.62. The van der Waals surface area contributed by atoms with Gasteiger partial charge in [-0.2, -0.15) is 0 Å². The van der Waals surface area contributed by atoms with E-state index in [-0.39, 0.29) is 16.8 Å². The summed E-state index contributed by atoms with van der Waals surface area (Å²) < 4.78 is 40.7. The SMILES string of the molecule is Nc1cc(Cl)c(F)c(S(=O)(=O)NC2CCCCC2)c1. The molecule has 3 N–H and O–H groups in total. The van der Waals surface area contributed by atoms with Crippen LogP contribution in [0.15, 0.2) is 17.0 Å². The van der Waals surface area contributed by atoms with E-state index in [9.17, 15) is 12.8 Å². The van der Waals surface area contributed by atoms with Crippen LogP contribution in [-0.2, 0) is 10.0 Å². The predicted molar refractivity (Wildman–Crippen MR) is 73.0 cm³/mol. The minimum Gasteiger partial charge on any atom is -0.399 e. The van der Waals surface area contributed by atoms with Crippen LogP contribution in [0.5, 0.6) is 0 Å². The van der Waals surface area contributed by atoms with Crippen LogP contribution >= 0.6 is 11.6 Å². The molecule has 0 heterocycles. The molecule has 0 atom stereocenters. The zero-order valence-corrected chi connectivity index (χ0v) is 11.9. The van der Waals surface area contributed by atoms with Crippen molar-refractivity contribution in [3.05, 3.63) is 23.0 Å². The maximum absolute atomic E-state index is 13.8. The van der Waals surface area contributed by atoms with Crippen LogP contribution in [0.1, 0.15) is 32.1 Å². The van der Waals surface area contributed by atoms with Crippen molar-refractivity contribution in [2.75, 3.05) is 5.73 Å². The summed E-state index contributed by atoms with van der Waals surface area (Å²) in [7, 11) is -3.93. The lowest BCUT2D eigenvalue weighted by Gasteiger charge is -2.22. The van der Waals surface area contributed by atoms with Crippen LogP contribution in [0.25, 0.3) is 0 Å². The molecule has 19 heavy (non-hydrogen) atoms. The molecule has 0 spiro atoms. The Morgan fingerprint density at radius 2 is 1.89 bits per heavy atom. The van der Waals surface area contributed by atoms with Gasteiger partial charge in [0.05, 0.1) is 5.02 Å². The normalized spacial score (nSPS) is 17.6. The molecule has 2 rings (SSSR count). The molecule has 106 valence electrons. The van der Waals surface area contributed by atoms with E-state index in [1.165, 1.54) is 6.07 Å². The van der Waals surface area contributed by atoms with Gasteiger partial charge in [-0.05, 0) is 25.0 Å². The lowest BCUT2D eigenvalue weighted by molar-refractivity contribution is 0.411. The number of nitrogens with one attached hydrogen (secondary N) is 1. The number of nitrogen functional groups attached to an aromatic ring is 1. The van der Waals surface area contributed by atoms with Crippen molar-refractivity contribution in [3.63, 3.8) is 0 Å². The topological polar surface area (TPSA) is 72.2 Å². The molecule has 0 unspecified atom stereocenters. The minimum atomic E-state index is -3.93. The van der Waals surface area contributed by atoms with Crippen LogP contribution in [0.4, 0.5) is 10.1 Å². The van der Waals surface area contributed by atoms with Crippen LogP contribution in [0.3, 0.4) is 0 Å². The Labute approximate surface area is 117 Å². The molecule has 0 amide bonds. The van der Waals surface area contributed by atoms with E-state index in [1.807, 2.05) is 0 Å². The number of hydrogen-bond donors (Lipinski definition) is 2. The van der Waals surface area contributed by atoms with E-state index in [4.69, 9.17) is 17.3 Å². The van der Waals surface area contributed by atoms with Crippen molar-refractivity contribution in [2.24, 2.45) is 0 Å². The van der Waals surface area contributed by atoms with Crippen molar-refractivity contribution in [1.82, 2.24) is 4.72 Å². The molecule has 0 aromatic heterocycles. The molecule has 4 nitrogen and oxygen atoms in total. The number of nitrogens with two attached hydrogens (primary N) is 1. The summed E-state index contributed by atoms with van der Waals surface area (Å²) in [5, 5.41) is -0.288. The van der Waals surface area contributed by atoms with Gasteiger partial charge < -0.3 is 5.73 Å². The molecule has 0 aliphatic heterocycles. The summed E-state index contributed by atoms with van der Waals surface area (Å²) >= 11 is 5.62. The molecule has 1 aliphatic carbocycles. The first-order chi connectivity index (χ1) is 8.90. The molecule has 0 radical (unpaired) electrons. The van der Waals surface area contributed by atoms with Gasteiger partial charge in [0.1, 0.15) is 4.90 Å². The molecule has 0 bridgehead atoms. The van der Waals surface area contributed by atoms with Gasteiger partial charge >= 0.3 is 0 Å². The van der Waals surface area contributed by atoms with E-state index in [2.05, 4.69) is 4.72 Å². The monoisotopic (exact) mass is 306 g/mol. The maximum Gasteiger partial charge on any atom is 0.243 e. The average Bonchev–Trinajstić information content (AvgIpc) is 2.34. The Bertz CT molecular complexity index is 571. The van der Waals surface area contributed by atoms with Crippen molar-refractivity contribution >= 4 is 27.3 Å². The molecule has 1 fully saturated rings. The zero-order chi connectivity index (χ0) is 14.0. The van der Waals surface area contributed by atoms with Crippen LogP contribution in [0.2, 0.25) is 5.02 Å². The highest BCUT2D eigenvalue weighted by molar-refractivity contribution is 7.89. The first-order valence-electron chi connectivity index (χ1n) is 6.17. The summed E-state index contributed by atoms with van der Waals surface area (Å²) in [6.45, 7) is 0. The Morgan fingerprint density at radius 3 is 2.53 bits per heavy atom. The summed E-state index contributed by atoms with van der Waals surface area (Å²) in [5.41, 5.74) is 5.64. The average molecular weight is 307 g/mol. The van der Waals surface area contributed by atoms with Gasteiger partial charge in [-0.3, -0.25) is 0 Å². The quantitative estimate of drug-likeness (QED) is 0.843. The highest BCUT2D eigenvalue weighted by Gasteiger charge is 2.26. The Kier molecular flexibility index (Phi) is 4.32. The van der Waals surface area contributed by atoms with Gasteiger partial charge in [0.25, 0.3) is 0 Å². The molecule has 1 saturated carbocycles. The maximum atomic E-state index is 13.8. The fourth-order valence-electron chi connectivity index (χ4n) is 2.28. The van der Waals surface area contributed by atoms with Crippen molar-refractivity contribution in [1.29, 1.82) is 0 Å². The first kappa shape index (κ1) is 14.6. The lowest BCUT2D eigenvalue weighted by Crippen LogP contribution is -2.36. The Morgan fingerprint density at radius 1 is 1.26 bits per heavy atom. The van der Waals surface area contributed by atoms with Crippen LogP contribution in [0, 0.1) is 5.82 Å². The van der Waals surface area contributed by atoms with Crippen molar-refractivity contribution < 1.29 is 12.8 Å². The fraction of sp³-hybridized carbons (Fsp3) is 0.500. The van der Waals surface area contributed by atoms with Gasteiger partial charge in [-0.15, -0.1) is 0 Å². The van der Waals surface area contributed by atoms with E-state index < -0.39 is 20.7 Å². The molecule has 0 saturated heterocycles. The standard InChI is InChI=1S/C12H16ClFN2O2S/c13-10-6-8(15)7-11(12(10)14)19(17,18)16-9-4-2-1-3-5-9/h6-7,9,16H,1-5,15H2. The summed E-state index contributed by atoms with van der Waals surface area (Å²) in [5.74, 6) is -0.959. The third kappa shape index (κ3) is 3.38. The Balaban J connectivity index is 2.28. The van der Waals surface area contributed by atoms with Crippen molar-refractivity contribution in [3.8, 4) is 0 Å². The number of sulfonamides is 1. The second-order valence-corrected chi connectivity index (χ2v) is 6.86. The smallest absolute Gasteiger partial charge is 0.243 e. The zero-order valence-electron chi connectivity index (χ0n) is 10.3. The second kappa shape index (κ2) is 5.64. The number of hydrogen-bond acceptors (Lipinski definition) is 3. The largest absolute Gasteiger partial charge is 0.399 e. The van der Waals surface area contributed by atoms with E-state index >= 15 is 0 Å². The van der Waals surface area contributed by atoms with Gasteiger partial charge in [0, 0.05) is 11.7 Å². The van der Waals surface area contributed by atoms with E-state index in [1.54, 1.807) is 0 Å². The summed E-state index contributed by atoms with van der Waals surface area (Å²) in [4.78, 5) is -0.483. The minimum absolute atomic E-state index is 0.121.